The maximum absolute atomic E-state index is 6.23. The Morgan fingerprint density at radius 3 is 2.86 bits per heavy atom. The Morgan fingerprint density at radius 2 is 1.95 bits per heavy atom. The fourth-order valence-corrected chi connectivity index (χ4v) is 3.56. The predicted molar refractivity (Wildman–Crippen MR) is 84.5 cm³/mol. The van der Waals surface area contributed by atoms with Crippen LogP contribution in [0.2, 0.25) is 5.02 Å². The summed E-state index contributed by atoms with van der Waals surface area (Å²) >= 11 is 6.23. The number of nitrogens with zero attached hydrogens (tertiary/aromatic N) is 1. The van der Waals surface area contributed by atoms with E-state index in [4.69, 9.17) is 22.1 Å². The number of hydrogen-bond donors (Lipinski definition) is 1. The lowest BCUT2D eigenvalue weighted by atomic mass is 10.1. The van der Waals surface area contributed by atoms with Crippen LogP contribution in [0.5, 0.6) is 5.75 Å². The molecule has 0 fully saturated rings. The summed E-state index contributed by atoms with van der Waals surface area (Å²) in [6, 6.07) is 10.2. The second-order valence-electron chi connectivity index (χ2n) is 5.82. The van der Waals surface area contributed by atoms with E-state index < -0.39 is 0 Å². The molecule has 0 saturated carbocycles. The van der Waals surface area contributed by atoms with Crippen molar-refractivity contribution in [3.8, 4) is 5.75 Å². The van der Waals surface area contributed by atoms with E-state index in [1.165, 1.54) is 22.3 Å². The molecule has 2 aliphatic heterocycles. The van der Waals surface area contributed by atoms with Gasteiger partial charge in [-0.25, -0.2) is 0 Å². The van der Waals surface area contributed by atoms with E-state index in [1.807, 2.05) is 18.2 Å². The van der Waals surface area contributed by atoms with E-state index in [-0.39, 0.29) is 0 Å². The van der Waals surface area contributed by atoms with Gasteiger partial charge in [0.2, 0.25) is 0 Å². The smallest absolute Gasteiger partial charge is 0.127 e. The van der Waals surface area contributed by atoms with Crippen molar-refractivity contribution in [2.75, 3.05) is 12.3 Å². The lowest BCUT2D eigenvalue weighted by Crippen LogP contribution is -2.16. The molecule has 0 amide bonds. The molecule has 0 atom stereocenters. The van der Waals surface area contributed by atoms with Gasteiger partial charge in [0.05, 0.1) is 6.61 Å². The summed E-state index contributed by atoms with van der Waals surface area (Å²) in [5.74, 6) is 1.04. The highest BCUT2D eigenvalue weighted by atomic mass is 35.5. The van der Waals surface area contributed by atoms with Gasteiger partial charge >= 0.3 is 0 Å². The number of rotatable bonds is 2. The molecule has 21 heavy (non-hydrogen) atoms. The first-order valence-electron chi connectivity index (χ1n) is 7.23. The van der Waals surface area contributed by atoms with Crippen LogP contribution in [0, 0.1) is 0 Å². The number of hydrogen-bond acceptors (Lipinski definition) is 3. The zero-order valence-electron chi connectivity index (χ0n) is 11.7. The molecule has 4 rings (SSSR count). The van der Waals surface area contributed by atoms with Crippen LogP contribution in [-0.4, -0.2) is 11.5 Å². The third kappa shape index (κ3) is 2.37. The van der Waals surface area contributed by atoms with E-state index in [0.717, 1.165) is 49.1 Å². The second-order valence-corrected chi connectivity index (χ2v) is 6.26. The standard InChI is InChI=1S/C17H17ClN2O/c18-15-5-11-3-4-21-17(11)14(6-15)10-20-8-12-1-2-16(19)7-13(12)9-20/h1-2,5-7H,3-4,8-10,19H2. The highest BCUT2D eigenvalue weighted by Crippen LogP contribution is 2.35. The molecule has 108 valence electrons. The van der Waals surface area contributed by atoms with Crippen LogP contribution in [0.1, 0.15) is 22.3 Å². The van der Waals surface area contributed by atoms with Crippen LogP contribution in [0.15, 0.2) is 30.3 Å². The van der Waals surface area contributed by atoms with Crippen LogP contribution < -0.4 is 10.5 Å². The molecule has 0 bridgehead atoms. The predicted octanol–water partition coefficient (Wildman–Crippen LogP) is 3.37. The van der Waals surface area contributed by atoms with Gasteiger partial charge in [0.1, 0.15) is 5.75 Å². The zero-order chi connectivity index (χ0) is 14.4. The Bertz CT molecular complexity index is 714. The SMILES string of the molecule is Nc1ccc2c(c1)CN(Cc1cc(Cl)cc3c1OCC3)C2. The highest BCUT2D eigenvalue weighted by molar-refractivity contribution is 6.30. The fraction of sp³-hybridized carbons (Fsp3) is 0.294. The van der Waals surface area contributed by atoms with Crippen molar-refractivity contribution in [3.63, 3.8) is 0 Å². The van der Waals surface area contributed by atoms with Gasteiger partial charge < -0.3 is 10.5 Å². The molecule has 4 heteroatoms. The van der Waals surface area contributed by atoms with Gasteiger partial charge in [-0.1, -0.05) is 17.7 Å². The van der Waals surface area contributed by atoms with Gasteiger partial charge in [0.25, 0.3) is 0 Å². The molecule has 2 heterocycles. The largest absolute Gasteiger partial charge is 0.493 e. The summed E-state index contributed by atoms with van der Waals surface area (Å²) in [6.45, 7) is 3.51. The molecule has 2 aromatic rings. The van der Waals surface area contributed by atoms with E-state index in [2.05, 4.69) is 17.0 Å². The van der Waals surface area contributed by atoms with Gasteiger partial charge in [-0.05, 0) is 41.0 Å². The first-order valence-corrected chi connectivity index (χ1v) is 7.60. The summed E-state index contributed by atoms with van der Waals surface area (Å²) in [4.78, 5) is 2.40. The molecule has 0 unspecified atom stereocenters. The number of halogens is 1. The van der Waals surface area contributed by atoms with Crippen molar-refractivity contribution in [1.29, 1.82) is 0 Å². The van der Waals surface area contributed by atoms with Crippen molar-refractivity contribution in [2.24, 2.45) is 0 Å². The number of nitrogen functional groups attached to an aromatic ring is 1. The fourth-order valence-electron chi connectivity index (χ4n) is 3.30. The molecule has 0 saturated heterocycles. The minimum atomic E-state index is 0.763. The van der Waals surface area contributed by atoms with Crippen molar-refractivity contribution in [2.45, 2.75) is 26.1 Å². The first kappa shape index (κ1) is 13.0. The molecule has 2 aromatic carbocycles. The molecule has 2 N–H and O–H groups in total. The summed E-state index contributed by atoms with van der Waals surface area (Å²) in [5.41, 5.74) is 11.8. The Hall–Kier alpha value is -1.71. The van der Waals surface area contributed by atoms with Crippen molar-refractivity contribution < 1.29 is 4.74 Å². The van der Waals surface area contributed by atoms with Crippen LogP contribution in [0.3, 0.4) is 0 Å². The highest BCUT2D eigenvalue weighted by Gasteiger charge is 2.23. The monoisotopic (exact) mass is 300 g/mol. The number of ether oxygens (including phenoxy) is 1. The summed E-state index contributed by atoms with van der Waals surface area (Å²) in [5, 5.41) is 0.801. The van der Waals surface area contributed by atoms with Gasteiger partial charge in [-0.3, -0.25) is 4.90 Å². The molecular weight excluding hydrogens is 284 g/mol. The summed E-state index contributed by atoms with van der Waals surface area (Å²) in [7, 11) is 0. The van der Waals surface area contributed by atoms with E-state index >= 15 is 0 Å². The Balaban J connectivity index is 1.59. The molecule has 2 aliphatic rings. The topological polar surface area (TPSA) is 38.5 Å². The second kappa shape index (κ2) is 4.93. The number of anilines is 1. The van der Waals surface area contributed by atoms with E-state index in [0.29, 0.717) is 0 Å². The van der Waals surface area contributed by atoms with Crippen molar-refractivity contribution in [1.82, 2.24) is 4.90 Å². The Morgan fingerprint density at radius 1 is 1.10 bits per heavy atom. The van der Waals surface area contributed by atoms with Crippen LogP contribution >= 0.6 is 11.6 Å². The van der Waals surface area contributed by atoms with E-state index in [9.17, 15) is 0 Å². The Kier molecular flexibility index (Phi) is 3.05. The zero-order valence-corrected chi connectivity index (χ0v) is 12.5. The van der Waals surface area contributed by atoms with E-state index in [1.54, 1.807) is 0 Å². The van der Waals surface area contributed by atoms with Crippen LogP contribution in [0.4, 0.5) is 5.69 Å². The van der Waals surface area contributed by atoms with Gasteiger partial charge in [-0.2, -0.15) is 0 Å². The van der Waals surface area contributed by atoms with Gasteiger partial charge in [0, 0.05) is 42.3 Å². The quantitative estimate of drug-likeness (QED) is 0.864. The maximum atomic E-state index is 6.23. The molecular formula is C17H17ClN2O. The van der Waals surface area contributed by atoms with Crippen molar-refractivity contribution >= 4 is 17.3 Å². The lowest BCUT2D eigenvalue weighted by Gasteiger charge is -2.17. The first-order chi connectivity index (χ1) is 10.2. The lowest BCUT2D eigenvalue weighted by molar-refractivity contribution is 0.268. The molecule has 3 nitrogen and oxygen atoms in total. The molecule has 0 spiro atoms. The summed E-state index contributed by atoms with van der Waals surface area (Å²) < 4.78 is 5.79. The van der Waals surface area contributed by atoms with Crippen LogP contribution in [-0.2, 0) is 26.1 Å². The third-order valence-electron chi connectivity index (χ3n) is 4.24. The summed E-state index contributed by atoms with van der Waals surface area (Å²) in [6.07, 6.45) is 0.958. The maximum Gasteiger partial charge on any atom is 0.127 e. The Labute approximate surface area is 129 Å². The average molecular weight is 301 g/mol. The van der Waals surface area contributed by atoms with Gasteiger partial charge in [0.15, 0.2) is 0 Å². The van der Waals surface area contributed by atoms with Crippen molar-refractivity contribution in [3.05, 3.63) is 57.6 Å². The minimum Gasteiger partial charge on any atom is -0.493 e. The normalized spacial score (nSPS) is 16.6. The molecule has 0 aromatic heterocycles. The number of nitrogens with two attached hydrogens (primary N) is 1. The minimum absolute atomic E-state index is 0.763. The third-order valence-corrected chi connectivity index (χ3v) is 4.46. The number of fused-ring (bicyclic) bond motifs is 2. The number of benzene rings is 2. The van der Waals surface area contributed by atoms with Crippen LogP contribution in [0.25, 0.3) is 0 Å². The molecule has 0 radical (unpaired) electrons. The molecule has 0 aliphatic carbocycles. The average Bonchev–Trinajstić information content (AvgIpc) is 3.03. The van der Waals surface area contributed by atoms with Gasteiger partial charge in [-0.15, -0.1) is 0 Å².